The summed E-state index contributed by atoms with van der Waals surface area (Å²) >= 11 is 0. The second kappa shape index (κ2) is 6.75. The van der Waals surface area contributed by atoms with E-state index in [4.69, 9.17) is 9.26 Å². The number of amides is 1. The number of hydrogen-bond acceptors (Lipinski definition) is 4. The third-order valence-corrected chi connectivity index (χ3v) is 3.94. The fraction of sp³-hybridized carbons (Fsp3) is 0.412. The molecule has 1 unspecified atom stereocenters. The average molecular weight is 300 g/mol. The third kappa shape index (κ3) is 3.36. The van der Waals surface area contributed by atoms with Crippen LogP contribution in [0.5, 0.6) is 0 Å². The molecule has 3 rings (SSSR count). The Kier molecular flexibility index (Phi) is 4.53. The minimum Gasteiger partial charge on any atom is -0.379 e. The summed E-state index contributed by atoms with van der Waals surface area (Å²) in [6.45, 7) is 3.74. The number of carbonyl (C=O) groups excluding carboxylic acids is 1. The molecule has 1 aliphatic rings. The van der Waals surface area contributed by atoms with Crippen molar-refractivity contribution in [2.75, 3.05) is 19.8 Å². The summed E-state index contributed by atoms with van der Waals surface area (Å²) in [5, 5.41) is 3.86. The van der Waals surface area contributed by atoms with Crippen LogP contribution in [0, 0.1) is 6.92 Å². The number of ether oxygens (including phenoxy) is 1. The van der Waals surface area contributed by atoms with Crippen LogP contribution in [0.3, 0.4) is 0 Å². The number of nitrogens with zero attached hydrogens (tertiary/aromatic N) is 2. The zero-order valence-electron chi connectivity index (χ0n) is 12.7. The molecule has 2 heterocycles. The van der Waals surface area contributed by atoms with E-state index in [0.29, 0.717) is 31.2 Å². The highest BCUT2D eigenvalue weighted by molar-refractivity contribution is 5.92. The lowest BCUT2D eigenvalue weighted by Crippen LogP contribution is -2.42. The van der Waals surface area contributed by atoms with Crippen molar-refractivity contribution in [3.05, 3.63) is 53.4 Å². The third-order valence-electron chi connectivity index (χ3n) is 3.94. The van der Waals surface area contributed by atoms with Gasteiger partial charge in [0.25, 0.3) is 5.91 Å². The van der Waals surface area contributed by atoms with Crippen molar-refractivity contribution in [3.63, 3.8) is 0 Å². The fourth-order valence-corrected chi connectivity index (χ4v) is 2.73. The molecule has 0 aliphatic carbocycles. The first-order valence-corrected chi connectivity index (χ1v) is 7.60. The smallest absolute Gasteiger partial charge is 0.276 e. The van der Waals surface area contributed by atoms with Crippen molar-refractivity contribution in [1.82, 2.24) is 10.1 Å². The van der Waals surface area contributed by atoms with E-state index in [9.17, 15) is 4.79 Å². The van der Waals surface area contributed by atoms with E-state index in [2.05, 4.69) is 17.3 Å². The second-order valence-electron chi connectivity index (χ2n) is 5.57. The van der Waals surface area contributed by atoms with Crippen LogP contribution < -0.4 is 0 Å². The molecule has 2 aromatic rings. The summed E-state index contributed by atoms with van der Waals surface area (Å²) in [6.07, 6.45) is 1.69. The Morgan fingerprint density at radius 1 is 1.36 bits per heavy atom. The highest BCUT2D eigenvalue weighted by Gasteiger charge is 2.29. The molecule has 1 fully saturated rings. The number of hydrogen-bond donors (Lipinski definition) is 0. The zero-order valence-corrected chi connectivity index (χ0v) is 12.7. The van der Waals surface area contributed by atoms with Gasteiger partial charge in [-0.15, -0.1) is 0 Å². The topological polar surface area (TPSA) is 55.6 Å². The molecule has 5 heteroatoms. The molecular weight excluding hydrogens is 280 g/mol. The van der Waals surface area contributed by atoms with Crippen LogP contribution in [0.2, 0.25) is 0 Å². The molecule has 0 saturated carbocycles. The van der Waals surface area contributed by atoms with Crippen LogP contribution in [0.15, 0.2) is 40.9 Å². The van der Waals surface area contributed by atoms with Crippen molar-refractivity contribution in [2.45, 2.75) is 25.8 Å². The van der Waals surface area contributed by atoms with E-state index in [0.717, 1.165) is 12.8 Å². The molecule has 1 saturated heterocycles. The van der Waals surface area contributed by atoms with E-state index in [1.54, 1.807) is 13.0 Å². The van der Waals surface area contributed by atoms with Gasteiger partial charge in [-0.2, -0.15) is 0 Å². The van der Waals surface area contributed by atoms with Gasteiger partial charge >= 0.3 is 0 Å². The number of benzene rings is 1. The van der Waals surface area contributed by atoms with E-state index in [-0.39, 0.29) is 11.9 Å². The number of aryl methyl sites for hydroxylation is 1. The van der Waals surface area contributed by atoms with Crippen molar-refractivity contribution >= 4 is 5.91 Å². The van der Waals surface area contributed by atoms with Crippen LogP contribution in [0.4, 0.5) is 0 Å². The van der Waals surface area contributed by atoms with Gasteiger partial charge in [0.1, 0.15) is 5.76 Å². The van der Waals surface area contributed by atoms with Crippen molar-refractivity contribution in [1.29, 1.82) is 0 Å². The predicted molar refractivity (Wildman–Crippen MR) is 81.6 cm³/mol. The van der Waals surface area contributed by atoms with Gasteiger partial charge in [-0.1, -0.05) is 35.5 Å². The number of rotatable bonds is 5. The Labute approximate surface area is 129 Å². The van der Waals surface area contributed by atoms with Crippen LogP contribution in [-0.2, 0) is 11.2 Å². The highest BCUT2D eigenvalue weighted by Crippen LogP contribution is 2.17. The summed E-state index contributed by atoms with van der Waals surface area (Å²) in [5.74, 6) is 0.567. The quantitative estimate of drug-likeness (QED) is 0.851. The Hall–Kier alpha value is -2.14. The molecule has 1 aliphatic heterocycles. The first-order valence-electron chi connectivity index (χ1n) is 7.60. The first kappa shape index (κ1) is 14.8. The highest BCUT2D eigenvalue weighted by atomic mass is 16.5. The van der Waals surface area contributed by atoms with Gasteiger partial charge in [0.05, 0.1) is 12.6 Å². The summed E-state index contributed by atoms with van der Waals surface area (Å²) in [4.78, 5) is 14.6. The molecule has 116 valence electrons. The maximum atomic E-state index is 12.7. The van der Waals surface area contributed by atoms with Crippen LogP contribution >= 0.6 is 0 Å². The SMILES string of the molecule is Cc1cc(C(=O)N(CCc2ccccc2)C2CCOC2)no1. The second-order valence-corrected chi connectivity index (χ2v) is 5.57. The van der Waals surface area contributed by atoms with Crippen LogP contribution in [0.25, 0.3) is 0 Å². The fourth-order valence-electron chi connectivity index (χ4n) is 2.73. The van der Waals surface area contributed by atoms with Crippen molar-refractivity contribution in [3.8, 4) is 0 Å². The summed E-state index contributed by atoms with van der Waals surface area (Å²) in [5.41, 5.74) is 1.59. The molecule has 1 atom stereocenters. The number of carbonyl (C=O) groups is 1. The molecule has 0 radical (unpaired) electrons. The lowest BCUT2D eigenvalue weighted by molar-refractivity contribution is 0.0646. The monoisotopic (exact) mass is 300 g/mol. The van der Waals surface area contributed by atoms with E-state index in [1.165, 1.54) is 5.56 Å². The van der Waals surface area contributed by atoms with Gasteiger partial charge in [-0.25, -0.2) is 0 Å². The van der Waals surface area contributed by atoms with Gasteiger partial charge in [0.15, 0.2) is 5.69 Å². The molecule has 0 bridgehead atoms. The van der Waals surface area contributed by atoms with Crippen molar-refractivity contribution in [2.24, 2.45) is 0 Å². The first-order chi connectivity index (χ1) is 10.7. The van der Waals surface area contributed by atoms with Gasteiger partial charge in [-0.3, -0.25) is 4.79 Å². The maximum absolute atomic E-state index is 12.7. The normalized spacial score (nSPS) is 17.6. The van der Waals surface area contributed by atoms with E-state index < -0.39 is 0 Å². The minimum absolute atomic E-state index is 0.0803. The standard InChI is InChI=1S/C17H20N2O3/c1-13-11-16(18-22-13)17(20)19(15-8-10-21-12-15)9-7-14-5-3-2-4-6-14/h2-6,11,15H,7-10,12H2,1H3. The molecule has 1 aromatic carbocycles. The zero-order chi connectivity index (χ0) is 15.4. The molecule has 1 amide bonds. The summed E-state index contributed by atoms with van der Waals surface area (Å²) < 4.78 is 10.5. The molecule has 5 nitrogen and oxygen atoms in total. The predicted octanol–water partition coefficient (Wildman–Crippen LogP) is 2.46. The minimum atomic E-state index is -0.0803. The molecule has 0 N–H and O–H groups in total. The van der Waals surface area contributed by atoms with Gasteiger partial charge < -0.3 is 14.2 Å². The van der Waals surface area contributed by atoms with E-state index >= 15 is 0 Å². The Bertz CT molecular complexity index is 618. The van der Waals surface area contributed by atoms with E-state index in [1.807, 2.05) is 23.1 Å². The molecule has 1 aromatic heterocycles. The Balaban J connectivity index is 1.73. The van der Waals surface area contributed by atoms with Crippen LogP contribution in [0.1, 0.15) is 28.2 Å². The largest absolute Gasteiger partial charge is 0.379 e. The molecule has 22 heavy (non-hydrogen) atoms. The lowest BCUT2D eigenvalue weighted by Gasteiger charge is -2.27. The number of aromatic nitrogens is 1. The Morgan fingerprint density at radius 3 is 2.82 bits per heavy atom. The van der Waals surface area contributed by atoms with Gasteiger partial charge in [-0.05, 0) is 25.3 Å². The van der Waals surface area contributed by atoms with Crippen LogP contribution in [-0.4, -0.2) is 41.8 Å². The average Bonchev–Trinajstić information content (AvgIpc) is 3.20. The summed E-state index contributed by atoms with van der Waals surface area (Å²) in [6, 6.07) is 12.0. The van der Waals surface area contributed by atoms with Gasteiger partial charge in [0.2, 0.25) is 0 Å². The maximum Gasteiger partial charge on any atom is 0.276 e. The lowest BCUT2D eigenvalue weighted by atomic mass is 10.1. The Morgan fingerprint density at radius 2 is 2.18 bits per heavy atom. The summed E-state index contributed by atoms with van der Waals surface area (Å²) in [7, 11) is 0. The van der Waals surface area contributed by atoms with Crippen molar-refractivity contribution < 1.29 is 14.1 Å². The van der Waals surface area contributed by atoms with Gasteiger partial charge in [0, 0.05) is 19.2 Å². The molecule has 0 spiro atoms. The molecular formula is C17H20N2O3.